The van der Waals surface area contributed by atoms with Crippen LogP contribution in [0.3, 0.4) is 0 Å². The van der Waals surface area contributed by atoms with E-state index in [-0.39, 0.29) is 12.5 Å². The lowest BCUT2D eigenvalue weighted by Crippen LogP contribution is -2.34. The van der Waals surface area contributed by atoms with Gasteiger partial charge in [0.25, 0.3) is 11.8 Å². The number of carbonyl (C=O) groups is 2. The predicted octanol–water partition coefficient (Wildman–Crippen LogP) is 5.31. The number of aromatic nitrogens is 2. The lowest BCUT2D eigenvalue weighted by Gasteiger charge is -2.07. The van der Waals surface area contributed by atoms with Gasteiger partial charge < -0.3 is 10.1 Å². The van der Waals surface area contributed by atoms with Crippen LogP contribution in [0.5, 0.6) is 5.75 Å². The number of nitrogens with zero attached hydrogens (tertiary/aromatic N) is 3. The molecule has 1 aromatic heterocycles. The van der Waals surface area contributed by atoms with Crippen molar-refractivity contribution in [3.05, 3.63) is 138 Å². The molecule has 0 fully saturated rings. The zero-order chi connectivity index (χ0) is 28.4. The first-order chi connectivity index (χ1) is 20.0. The molecule has 0 spiro atoms. The highest BCUT2D eigenvalue weighted by Gasteiger charge is 2.12. The molecule has 5 aromatic rings. The number of nitrogens with one attached hydrogen (secondary N) is 2. The zero-order valence-corrected chi connectivity index (χ0v) is 22.5. The minimum absolute atomic E-state index is 0.204. The number of rotatable bonds is 10. The number of hydrazone groups is 1. The largest absolute Gasteiger partial charge is 0.489 e. The summed E-state index contributed by atoms with van der Waals surface area (Å²) >= 11 is 0. The van der Waals surface area contributed by atoms with Gasteiger partial charge in [0.05, 0.1) is 18.4 Å². The molecule has 8 heteroatoms. The number of ether oxygens (including phenoxy) is 1. The molecule has 2 amide bonds. The molecule has 0 aliphatic rings. The van der Waals surface area contributed by atoms with Crippen LogP contribution in [0.2, 0.25) is 0 Å². The molecule has 4 aromatic carbocycles. The molecule has 8 nitrogen and oxygen atoms in total. The van der Waals surface area contributed by atoms with Gasteiger partial charge in [0.15, 0.2) is 0 Å². The van der Waals surface area contributed by atoms with E-state index in [0.717, 1.165) is 28.1 Å². The van der Waals surface area contributed by atoms with Gasteiger partial charge in [-0.3, -0.25) is 9.59 Å². The Kier molecular flexibility index (Phi) is 8.61. The Balaban J connectivity index is 1.27. The van der Waals surface area contributed by atoms with Gasteiger partial charge in [0.2, 0.25) is 0 Å². The van der Waals surface area contributed by atoms with Crippen molar-refractivity contribution in [2.24, 2.45) is 5.10 Å². The maximum Gasteiger partial charge on any atom is 0.259 e. The van der Waals surface area contributed by atoms with Gasteiger partial charge in [0, 0.05) is 22.9 Å². The number of benzene rings is 4. The lowest BCUT2D eigenvalue weighted by atomic mass is 10.1. The highest BCUT2D eigenvalue weighted by Crippen LogP contribution is 2.25. The monoisotopic (exact) mass is 543 g/mol. The van der Waals surface area contributed by atoms with Gasteiger partial charge in [-0.15, -0.1) is 0 Å². The van der Waals surface area contributed by atoms with E-state index in [2.05, 4.69) is 15.8 Å². The molecule has 0 saturated heterocycles. The van der Waals surface area contributed by atoms with Crippen LogP contribution in [0.1, 0.15) is 27.0 Å². The zero-order valence-electron chi connectivity index (χ0n) is 22.5. The van der Waals surface area contributed by atoms with Gasteiger partial charge in [0.1, 0.15) is 18.1 Å². The van der Waals surface area contributed by atoms with Crippen LogP contribution in [0, 0.1) is 6.92 Å². The summed E-state index contributed by atoms with van der Waals surface area (Å²) in [6.45, 7) is 2.18. The second-order valence-electron chi connectivity index (χ2n) is 9.36. The van der Waals surface area contributed by atoms with Crippen molar-refractivity contribution in [2.45, 2.75) is 13.5 Å². The quantitative estimate of drug-likeness (QED) is 0.184. The molecule has 41 heavy (non-hydrogen) atoms. The minimum Gasteiger partial charge on any atom is -0.489 e. The maximum atomic E-state index is 12.3. The Morgan fingerprint density at radius 2 is 1.63 bits per heavy atom. The van der Waals surface area contributed by atoms with Gasteiger partial charge in [-0.25, -0.2) is 10.1 Å². The first-order valence-electron chi connectivity index (χ1n) is 13.1. The molecule has 2 N–H and O–H groups in total. The standard InChI is InChI=1S/C33H29N5O3/c1-24-9-8-12-27(19-24)33(40)34-21-31(39)36-35-20-28-22-38(29-13-6-3-7-14-29)37-32(28)26-15-17-30(18-16-26)41-23-25-10-4-2-5-11-25/h2-20,22H,21,23H2,1H3,(H,34,40)(H,36,39)/b35-20+. The number of amides is 2. The minimum atomic E-state index is -0.445. The fraction of sp³-hybridized carbons (Fsp3) is 0.0909. The van der Waals surface area contributed by atoms with Gasteiger partial charge in [-0.2, -0.15) is 10.2 Å². The molecular weight excluding hydrogens is 514 g/mol. The topological polar surface area (TPSA) is 97.6 Å². The number of hydrogen-bond donors (Lipinski definition) is 2. The average Bonchev–Trinajstić information content (AvgIpc) is 3.44. The van der Waals surface area contributed by atoms with Crippen LogP contribution in [0.15, 0.2) is 120 Å². The molecule has 0 aliphatic heterocycles. The summed E-state index contributed by atoms with van der Waals surface area (Å²) in [5.74, 6) is -0.0232. The van der Waals surface area contributed by atoms with E-state index >= 15 is 0 Å². The summed E-state index contributed by atoms with van der Waals surface area (Å²) in [6.07, 6.45) is 3.39. The van der Waals surface area contributed by atoms with Crippen molar-refractivity contribution >= 4 is 18.0 Å². The number of hydrogen-bond acceptors (Lipinski definition) is 5. The molecule has 0 aliphatic carbocycles. The molecule has 204 valence electrons. The van der Waals surface area contributed by atoms with Crippen LogP contribution in [-0.2, 0) is 11.4 Å². The Morgan fingerprint density at radius 1 is 0.902 bits per heavy atom. The Morgan fingerprint density at radius 3 is 2.37 bits per heavy atom. The molecule has 0 saturated carbocycles. The first kappa shape index (κ1) is 27.1. The van der Waals surface area contributed by atoms with E-state index in [1.54, 1.807) is 29.1 Å². The third-order valence-electron chi connectivity index (χ3n) is 6.22. The third kappa shape index (κ3) is 7.33. The van der Waals surface area contributed by atoms with Crippen molar-refractivity contribution in [3.63, 3.8) is 0 Å². The summed E-state index contributed by atoms with van der Waals surface area (Å²) in [6, 6.07) is 34.6. The molecule has 0 bridgehead atoms. The highest BCUT2D eigenvalue weighted by molar-refractivity contribution is 5.96. The second kappa shape index (κ2) is 13.0. The van der Waals surface area contributed by atoms with E-state index in [9.17, 15) is 9.59 Å². The van der Waals surface area contributed by atoms with E-state index < -0.39 is 5.91 Å². The second-order valence-corrected chi connectivity index (χ2v) is 9.36. The molecular formula is C33H29N5O3. The maximum absolute atomic E-state index is 12.3. The normalized spacial score (nSPS) is 10.9. The summed E-state index contributed by atoms with van der Waals surface area (Å²) in [7, 11) is 0. The molecule has 0 unspecified atom stereocenters. The highest BCUT2D eigenvalue weighted by atomic mass is 16.5. The SMILES string of the molecule is Cc1cccc(C(=O)NCC(=O)N/N=C/c2cn(-c3ccccc3)nc2-c2ccc(OCc3ccccc3)cc2)c1. The van der Waals surface area contributed by atoms with Crippen LogP contribution < -0.4 is 15.5 Å². The van der Waals surface area contributed by atoms with Crippen molar-refractivity contribution in [3.8, 4) is 22.7 Å². The smallest absolute Gasteiger partial charge is 0.259 e. The van der Waals surface area contributed by atoms with Gasteiger partial charge in [-0.05, 0) is 61.0 Å². The Labute approximate surface area is 238 Å². The van der Waals surface area contributed by atoms with E-state index in [1.807, 2.05) is 104 Å². The summed E-state index contributed by atoms with van der Waals surface area (Å²) in [5, 5.41) is 11.5. The summed E-state index contributed by atoms with van der Waals surface area (Å²) in [4.78, 5) is 24.7. The molecule has 0 radical (unpaired) electrons. The molecule has 0 atom stereocenters. The van der Waals surface area contributed by atoms with E-state index in [4.69, 9.17) is 9.84 Å². The molecule has 5 rings (SSSR count). The van der Waals surface area contributed by atoms with Crippen LogP contribution >= 0.6 is 0 Å². The van der Waals surface area contributed by atoms with Crippen molar-refractivity contribution < 1.29 is 14.3 Å². The van der Waals surface area contributed by atoms with Crippen LogP contribution in [-0.4, -0.2) is 34.4 Å². The molecule has 1 heterocycles. The van der Waals surface area contributed by atoms with Crippen molar-refractivity contribution in [1.29, 1.82) is 0 Å². The van der Waals surface area contributed by atoms with Gasteiger partial charge >= 0.3 is 0 Å². The number of carbonyl (C=O) groups excluding carboxylic acids is 2. The fourth-order valence-corrected chi connectivity index (χ4v) is 4.13. The average molecular weight is 544 g/mol. The summed E-state index contributed by atoms with van der Waals surface area (Å²) in [5.41, 5.74) is 8.18. The van der Waals surface area contributed by atoms with Crippen molar-refractivity contribution in [1.82, 2.24) is 20.5 Å². The number of aryl methyl sites for hydroxylation is 1. The van der Waals surface area contributed by atoms with E-state index in [0.29, 0.717) is 23.4 Å². The fourth-order valence-electron chi connectivity index (χ4n) is 4.13. The Bertz CT molecular complexity index is 1650. The van der Waals surface area contributed by atoms with E-state index in [1.165, 1.54) is 0 Å². The van der Waals surface area contributed by atoms with Crippen LogP contribution in [0.25, 0.3) is 16.9 Å². The number of para-hydroxylation sites is 1. The summed E-state index contributed by atoms with van der Waals surface area (Å²) < 4.78 is 7.69. The first-order valence-corrected chi connectivity index (χ1v) is 13.1. The third-order valence-corrected chi connectivity index (χ3v) is 6.22. The van der Waals surface area contributed by atoms with Crippen molar-refractivity contribution in [2.75, 3.05) is 6.54 Å². The Hall–Kier alpha value is -5.50. The lowest BCUT2D eigenvalue weighted by molar-refractivity contribution is -0.120. The van der Waals surface area contributed by atoms with Gasteiger partial charge in [-0.1, -0.05) is 66.2 Å². The predicted molar refractivity (Wildman–Crippen MR) is 159 cm³/mol. The van der Waals surface area contributed by atoms with Crippen LogP contribution in [0.4, 0.5) is 0 Å².